The number of nitrogens with zero attached hydrogens (tertiary/aromatic N) is 5. The Labute approximate surface area is 182 Å². The highest BCUT2D eigenvalue weighted by Gasteiger charge is 2.22. The van der Waals surface area contributed by atoms with Crippen molar-refractivity contribution in [1.29, 1.82) is 0 Å². The Morgan fingerprint density at radius 1 is 1.10 bits per heavy atom. The Morgan fingerprint density at radius 3 is 2.63 bits per heavy atom. The van der Waals surface area contributed by atoms with E-state index in [0.29, 0.717) is 27.3 Å². The minimum absolute atomic E-state index is 0.238. The molecule has 0 aliphatic heterocycles. The van der Waals surface area contributed by atoms with Crippen molar-refractivity contribution in [2.45, 2.75) is 17.8 Å². The van der Waals surface area contributed by atoms with Gasteiger partial charge in [0.05, 0.1) is 11.4 Å². The summed E-state index contributed by atoms with van der Waals surface area (Å²) in [6.07, 6.45) is 3.36. The molecule has 0 aliphatic carbocycles. The van der Waals surface area contributed by atoms with Crippen LogP contribution in [0.3, 0.4) is 0 Å². The van der Waals surface area contributed by atoms with E-state index in [2.05, 4.69) is 25.6 Å². The van der Waals surface area contributed by atoms with Crippen LogP contribution in [0, 0.1) is 6.92 Å². The highest BCUT2D eigenvalue weighted by Crippen LogP contribution is 2.25. The van der Waals surface area contributed by atoms with Crippen molar-refractivity contribution in [3.8, 4) is 5.69 Å². The van der Waals surface area contributed by atoms with Crippen LogP contribution in [0.25, 0.3) is 5.69 Å². The fourth-order valence-electron chi connectivity index (χ4n) is 2.79. The quantitative estimate of drug-likeness (QED) is 0.352. The second kappa shape index (κ2) is 9.06. The number of aryl methyl sites for hydroxylation is 1. The number of anilines is 1. The minimum Gasteiger partial charge on any atom is -0.320 e. The molecular formula is C21H17ClN6OS. The van der Waals surface area contributed by atoms with E-state index in [1.165, 1.54) is 11.8 Å². The maximum Gasteiger partial charge on any atom is 0.278 e. The Balaban J connectivity index is 1.67. The van der Waals surface area contributed by atoms with Gasteiger partial charge in [-0.3, -0.25) is 4.79 Å². The number of carbonyl (C=O) groups excluding carboxylic acids is 1. The zero-order valence-electron chi connectivity index (χ0n) is 16.0. The average molecular weight is 437 g/mol. The maximum atomic E-state index is 13.0. The molecule has 150 valence electrons. The van der Waals surface area contributed by atoms with E-state index in [4.69, 9.17) is 11.6 Å². The number of rotatable bonds is 6. The summed E-state index contributed by atoms with van der Waals surface area (Å²) in [6, 6.07) is 16.6. The predicted octanol–water partition coefficient (Wildman–Crippen LogP) is 4.56. The monoisotopic (exact) mass is 436 g/mol. The van der Waals surface area contributed by atoms with Crippen LogP contribution in [0.4, 0.5) is 5.69 Å². The SMILES string of the molecule is Cc1ccc(Cl)cc1NC(=O)c1nnn(-c2ccccc2)c1CSc1ncccn1. The highest BCUT2D eigenvalue weighted by atomic mass is 35.5. The number of thioether (sulfide) groups is 1. The van der Waals surface area contributed by atoms with Gasteiger partial charge in [-0.15, -0.1) is 5.10 Å². The van der Waals surface area contributed by atoms with Crippen molar-refractivity contribution >= 4 is 35.0 Å². The highest BCUT2D eigenvalue weighted by molar-refractivity contribution is 7.98. The largest absolute Gasteiger partial charge is 0.320 e. The normalized spacial score (nSPS) is 10.7. The van der Waals surface area contributed by atoms with Gasteiger partial charge >= 0.3 is 0 Å². The fraction of sp³-hybridized carbons (Fsp3) is 0.0952. The van der Waals surface area contributed by atoms with Gasteiger partial charge < -0.3 is 5.32 Å². The lowest BCUT2D eigenvalue weighted by Crippen LogP contribution is -2.16. The third-order valence-corrected chi connectivity index (χ3v) is 5.43. The lowest BCUT2D eigenvalue weighted by atomic mass is 10.2. The molecule has 2 aromatic carbocycles. The predicted molar refractivity (Wildman–Crippen MR) is 117 cm³/mol. The molecule has 30 heavy (non-hydrogen) atoms. The minimum atomic E-state index is -0.355. The molecule has 0 bridgehead atoms. The number of hydrogen-bond acceptors (Lipinski definition) is 6. The van der Waals surface area contributed by atoms with E-state index in [9.17, 15) is 4.79 Å². The molecule has 0 radical (unpaired) electrons. The second-order valence-corrected chi connectivity index (χ2v) is 7.74. The summed E-state index contributed by atoms with van der Waals surface area (Å²) in [5, 5.41) is 12.4. The Bertz CT molecular complexity index is 1170. The molecule has 4 aromatic rings. The molecule has 0 atom stereocenters. The Hall–Kier alpha value is -3.23. The summed E-state index contributed by atoms with van der Waals surface area (Å²) in [7, 11) is 0. The first-order valence-electron chi connectivity index (χ1n) is 9.09. The zero-order chi connectivity index (χ0) is 20.9. The number of hydrogen-bond donors (Lipinski definition) is 1. The van der Waals surface area contributed by atoms with Gasteiger partial charge in [0.1, 0.15) is 0 Å². The molecule has 0 saturated heterocycles. The molecule has 0 fully saturated rings. The van der Waals surface area contributed by atoms with Gasteiger partial charge in [0, 0.05) is 28.9 Å². The van der Waals surface area contributed by atoms with Crippen molar-refractivity contribution in [2.24, 2.45) is 0 Å². The van der Waals surface area contributed by atoms with E-state index in [-0.39, 0.29) is 11.6 Å². The number of amides is 1. The van der Waals surface area contributed by atoms with Crippen molar-refractivity contribution < 1.29 is 4.79 Å². The molecule has 1 N–H and O–H groups in total. The van der Waals surface area contributed by atoms with Crippen molar-refractivity contribution in [3.63, 3.8) is 0 Å². The third kappa shape index (κ3) is 4.50. The molecule has 2 aromatic heterocycles. The van der Waals surface area contributed by atoms with E-state index in [0.717, 1.165) is 11.3 Å². The molecule has 0 unspecified atom stereocenters. The molecule has 9 heteroatoms. The number of carbonyl (C=O) groups is 1. The van der Waals surface area contributed by atoms with Gasteiger partial charge in [0.25, 0.3) is 5.91 Å². The van der Waals surface area contributed by atoms with Crippen LogP contribution < -0.4 is 5.32 Å². The summed E-state index contributed by atoms with van der Waals surface area (Å²) in [4.78, 5) is 21.5. The molecule has 0 aliphatic rings. The summed E-state index contributed by atoms with van der Waals surface area (Å²) < 4.78 is 1.66. The first-order valence-corrected chi connectivity index (χ1v) is 10.5. The number of benzene rings is 2. The van der Waals surface area contributed by atoms with E-state index < -0.39 is 0 Å². The van der Waals surface area contributed by atoms with Crippen LogP contribution >= 0.6 is 23.4 Å². The van der Waals surface area contributed by atoms with Gasteiger partial charge in [0.15, 0.2) is 10.9 Å². The van der Waals surface area contributed by atoms with E-state index in [1.54, 1.807) is 35.3 Å². The number of nitrogens with one attached hydrogen (secondary N) is 1. The first kappa shape index (κ1) is 20.1. The fourth-order valence-corrected chi connectivity index (χ4v) is 3.76. The van der Waals surface area contributed by atoms with Crippen LogP contribution in [0.5, 0.6) is 0 Å². The van der Waals surface area contributed by atoms with Gasteiger partial charge in [-0.25, -0.2) is 14.6 Å². The van der Waals surface area contributed by atoms with E-state index >= 15 is 0 Å². The van der Waals surface area contributed by atoms with Crippen LogP contribution in [0.1, 0.15) is 21.7 Å². The Morgan fingerprint density at radius 2 is 1.87 bits per heavy atom. The molecule has 7 nitrogen and oxygen atoms in total. The molecule has 2 heterocycles. The number of aromatic nitrogens is 5. The number of halogens is 1. The molecular weight excluding hydrogens is 420 g/mol. The maximum absolute atomic E-state index is 13.0. The van der Waals surface area contributed by atoms with Crippen LogP contribution in [-0.4, -0.2) is 30.9 Å². The first-order chi connectivity index (χ1) is 14.6. The molecule has 4 rings (SSSR count). The summed E-state index contributed by atoms with van der Waals surface area (Å²) in [5.41, 5.74) is 3.23. The van der Waals surface area contributed by atoms with E-state index in [1.807, 2.05) is 43.3 Å². The van der Waals surface area contributed by atoms with Crippen molar-refractivity contribution in [1.82, 2.24) is 25.0 Å². The topological polar surface area (TPSA) is 85.6 Å². The second-order valence-electron chi connectivity index (χ2n) is 6.37. The molecule has 0 saturated carbocycles. The van der Waals surface area contributed by atoms with Crippen LogP contribution in [0.15, 0.2) is 72.1 Å². The lowest BCUT2D eigenvalue weighted by Gasteiger charge is -2.10. The van der Waals surface area contributed by atoms with Gasteiger partial charge in [-0.1, -0.05) is 52.8 Å². The molecule has 0 spiro atoms. The van der Waals surface area contributed by atoms with Gasteiger partial charge in [0.2, 0.25) is 0 Å². The zero-order valence-corrected chi connectivity index (χ0v) is 17.6. The smallest absolute Gasteiger partial charge is 0.278 e. The average Bonchev–Trinajstić information content (AvgIpc) is 3.20. The van der Waals surface area contributed by atoms with Gasteiger partial charge in [-0.2, -0.15) is 0 Å². The third-order valence-electron chi connectivity index (χ3n) is 4.31. The van der Waals surface area contributed by atoms with Crippen LogP contribution in [-0.2, 0) is 5.75 Å². The van der Waals surface area contributed by atoms with Crippen molar-refractivity contribution in [2.75, 3.05) is 5.32 Å². The summed E-state index contributed by atoms with van der Waals surface area (Å²) >= 11 is 7.48. The van der Waals surface area contributed by atoms with Crippen molar-refractivity contribution in [3.05, 3.63) is 89.0 Å². The summed E-state index contributed by atoms with van der Waals surface area (Å²) in [5.74, 6) is 0.0653. The molecule has 1 amide bonds. The lowest BCUT2D eigenvalue weighted by molar-refractivity contribution is 0.102. The van der Waals surface area contributed by atoms with Crippen LogP contribution in [0.2, 0.25) is 5.02 Å². The number of para-hydroxylation sites is 1. The summed E-state index contributed by atoms with van der Waals surface area (Å²) in [6.45, 7) is 1.90. The Kier molecular flexibility index (Phi) is 6.06. The van der Waals surface area contributed by atoms with Gasteiger partial charge in [-0.05, 0) is 42.8 Å². The standard InChI is InChI=1S/C21H17ClN6OS/c1-14-8-9-15(22)12-17(14)25-20(29)19-18(13-30-21-23-10-5-11-24-21)28(27-26-19)16-6-3-2-4-7-16/h2-12H,13H2,1H3,(H,25,29).